The van der Waals surface area contributed by atoms with E-state index in [-0.39, 0.29) is 30.3 Å². The SMILES string of the molecule is N[C@H]1CC[C@H](Nc2nc(Nc3cc(F)cc(F)c3)ncc2-c2cnn(CCO)c2)CC1. The van der Waals surface area contributed by atoms with Gasteiger partial charge in [-0.05, 0) is 37.8 Å². The van der Waals surface area contributed by atoms with Gasteiger partial charge in [-0.25, -0.2) is 13.8 Å². The Kier molecular flexibility index (Phi) is 6.38. The third-order valence-electron chi connectivity index (χ3n) is 5.29. The zero-order chi connectivity index (χ0) is 21.8. The molecule has 1 aliphatic rings. The zero-order valence-corrected chi connectivity index (χ0v) is 16.9. The number of aliphatic hydroxyl groups excluding tert-OH is 1. The van der Waals surface area contributed by atoms with Crippen LogP contribution >= 0.6 is 0 Å². The predicted octanol–water partition coefficient (Wildman–Crippen LogP) is 3.04. The Balaban J connectivity index is 1.63. The summed E-state index contributed by atoms with van der Waals surface area (Å²) in [6.45, 7) is 0.368. The van der Waals surface area contributed by atoms with E-state index < -0.39 is 11.6 Å². The number of benzene rings is 1. The molecule has 0 bridgehead atoms. The molecule has 8 nitrogen and oxygen atoms in total. The number of rotatable bonds is 7. The van der Waals surface area contributed by atoms with Crippen molar-refractivity contribution >= 4 is 17.5 Å². The van der Waals surface area contributed by atoms with Gasteiger partial charge < -0.3 is 21.5 Å². The summed E-state index contributed by atoms with van der Waals surface area (Å²) < 4.78 is 28.7. The van der Waals surface area contributed by atoms with Gasteiger partial charge in [0.2, 0.25) is 5.95 Å². The van der Waals surface area contributed by atoms with Crippen molar-refractivity contribution in [3.05, 3.63) is 48.4 Å². The van der Waals surface area contributed by atoms with Gasteiger partial charge in [0.25, 0.3) is 0 Å². The lowest BCUT2D eigenvalue weighted by Gasteiger charge is -2.28. The van der Waals surface area contributed by atoms with E-state index in [4.69, 9.17) is 10.8 Å². The molecule has 2 aromatic heterocycles. The molecule has 1 saturated carbocycles. The largest absolute Gasteiger partial charge is 0.394 e. The Labute approximate surface area is 178 Å². The number of aromatic nitrogens is 4. The Hall–Kier alpha value is -3.11. The number of hydrogen-bond donors (Lipinski definition) is 4. The highest BCUT2D eigenvalue weighted by molar-refractivity contribution is 5.75. The molecule has 1 fully saturated rings. The van der Waals surface area contributed by atoms with Crippen LogP contribution in [0.3, 0.4) is 0 Å². The average molecular weight is 429 g/mol. The van der Waals surface area contributed by atoms with Gasteiger partial charge in [-0.15, -0.1) is 0 Å². The van der Waals surface area contributed by atoms with E-state index in [0.717, 1.165) is 42.9 Å². The topological polar surface area (TPSA) is 114 Å². The third kappa shape index (κ3) is 5.33. The molecule has 31 heavy (non-hydrogen) atoms. The fourth-order valence-electron chi connectivity index (χ4n) is 3.70. The van der Waals surface area contributed by atoms with Crippen molar-refractivity contribution in [3.63, 3.8) is 0 Å². The van der Waals surface area contributed by atoms with Gasteiger partial charge in [-0.1, -0.05) is 0 Å². The maximum atomic E-state index is 13.5. The van der Waals surface area contributed by atoms with E-state index in [2.05, 4.69) is 25.7 Å². The Morgan fingerprint density at radius 3 is 2.55 bits per heavy atom. The van der Waals surface area contributed by atoms with Crippen LogP contribution in [0.5, 0.6) is 0 Å². The normalized spacial score (nSPS) is 18.7. The summed E-state index contributed by atoms with van der Waals surface area (Å²) in [6.07, 6.45) is 8.85. The second-order valence-corrected chi connectivity index (χ2v) is 7.71. The molecule has 5 N–H and O–H groups in total. The summed E-state index contributed by atoms with van der Waals surface area (Å²) in [5, 5.41) is 19.7. The van der Waals surface area contributed by atoms with E-state index in [1.807, 2.05) is 6.20 Å². The second kappa shape index (κ2) is 9.36. The molecule has 1 aromatic carbocycles. The van der Waals surface area contributed by atoms with Gasteiger partial charge in [-0.3, -0.25) is 4.68 Å². The highest BCUT2D eigenvalue weighted by Gasteiger charge is 2.21. The molecule has 0 atom stereocenters. The number of hydrogen-bond acceptors (Lipinski definition) is 7. The maximum absolute atomic E-state index is 13.5. The van der Waals surface area contributed by atoms with Crippen molar-refractivity contribution in [3.8, 4) is 11.1 Å². The molecule has 0 aliphatic heterocycles. The minimum Gasteiger partial charge on any atom is -0.394 e. The quantitative estimate of drug-likeness (QED) is 0.456. The predicted molar refractivity (Wildman–Crippen MR) is 114 cm³/mol. The molecule has 0 unspecified atom stereocenters. The van der Waals surface area contributed by atoms with E-state index in [9.17, 15) is 8.78 Å². The van der Waals surface area contributed by atoms with Gasteiger partial charge >= 0.3 is 0 Å². The summed E-state index contributed by atoms with van der Waals surface area (Å²) in [5.41, 5.74) is 7.78. The standard InChI is InChI=1S/C21H25F2N7O/c22-14-7-15(23)9-18(8-14)28-21-25-11-19(13-10-26-30(12-13)5-6-31)20(29-21)27-17-3-1-16(24)2-4-17/h7-12,16-17,31H,1-6,24H2,(H2,25,27,28,29)/t16-,17-. The van der Waals surface area contributed by atoms with Crippen LogP contribution in [-0.2, 0) is 6.54 Å². The summed E-state index contributed by atoms with van der Waals surface area (Å²) in [4.78, 5) is 8.89. The fraction of sp³-hybridized carbons (Fsp3) is 0.381. The number of nitrogens with one attached hydrogen (secondary N) is 2. The number of nitrogens with zero attached hydrogens (tertiary/aromatic N) is 4. The molecule has 4 rings (SSSR count). The third-order valence-corrected chi connectivity index (χ3v) is 5.29. The molecule has 1 aliphatic carbocycles. The number of nitrogens with two attached hydrogens (primary N) is 1. The van der Waals surface area contributed by atoms with Crippen LogP contribution in [0.4, 0.5) is 26.2 Å². The number of aliphatic hydroxyl groups is 1. The minimum absolute atomic E-state index is 0.0158. The average Bonchev–Trinajstić information content (AvgIpc) is 3.18. The molecule has 10 heteroatoms. The summed E-state index contributed by atoms with van der Waals surface area (Å²) in [5.74, 6) is -0.565. The van der Waals surface area contributed by atoms with Crippen molar-refractivity contribution < 1.29 is 13.9 Å². The first-order valence-electron chi connectivity index (χ1n) is 10.3. The monoisotopic (exact) mass is 429 g/mol. The van der Waals surface area contributed by atoms with E-state index in [0.29, 0.717) is 12.4 Å². The summed E-state index contributed by atoms with van der Waals surface area (Å²) in [6, 6.07) is 3.59. The van der Waals surface area contributed by atoms with Crippen LogP contribution in [0.1, 0.15) is 25.7 Å². The second-order valence-electron chi connectivity index (χ2n) is 7.71. The van der Waals surface area contributed by atoms with Gasteiger partial charge in [0.05, 0.1) is 19.3 Å². The Morgan fingerprint density at radius 2 is 1.84 bits per heavy atom. The summed E-state index contributed by atoms with van der Waals surface area (Å²) >= 11 is 0. The van der Waals surface area contributed by atoms with Crippen LogP contribution in [0.15, 0.2) is 36.8 Å². The minimum atomic E-state index is -0.688. The molecule has 0 spiro atoms. The van der Waals surface area contributed by atoms with Gasteiger partial charge in [-0.2, -0.15) is 10.1 Å². The lowest BCUT2D eigenvalue weighted by Crippen LogP contribution is -2.33. The van der Waals surface area contributed by atoms with Gasteiger partial charge in [0.1, 0.15) is 17.5 Å². The zero-order valence-electron chi connectivity index (χ0n) is 16.9. The highest BCUT2D eigenvalue weighted by Crippen LogP contribution is 2.30. The van der Waals surface area contributed by atoms with Crippen LogP contribution in [0, 0.1) is 11.6 Å². The molecular weight excluding hydrogens is 404 g/mol. The fourth-order valence-corrected chi connectivity index (χ4v) is 3.70. The number of anilines is 3. The summed E-state index contributed by atoms with van der Waals surface area (Å²) in [7, 11) is 0. The van der Waals surface area contributed by atoms with Crippen molar-refractivity contribution in [1.29, 1.82) is 0 Å². The Bertz CT molecular complexity index is 1010. The highest BCUT2D eigenvalue weighted by atomic mass is 19.1. The smallest absolute Gasteiger partial charge is 0.229 e. The van der Waals surface area contributed by atoms with Crippen LogP contribution < -0.4 is 16.4 Å². The first-order valence-corrected chi connectivity index (χ1v) is 10.3. The first-order chi connectivity index (χ1) is 15.0. The molecule has 0 amide bonds. The molecule has 2 heterocycles. The Morgan fingerprint density at radius 1 is 1.10 bits per heavy atom. The van der Waals surface area contributed by atoms with Crippen molar-refractivity contribution in [2.24, 2.45) is 5.73 Å². The molecular formula is C21H25F2N7O. The lowest BCUT2D eigenvalue weighted by atomic mass is 9.91. The van der Waals surface area contributed by atoms with Gasteiger partial charge in [0.15, 0.2) is 0 Å². The molecule has 0 saturated heterocycles. The van der Waals surface area contributed by atoms with Crippen molar-refractivity contribution in [2.45, 2.75) is 44.3 Å². The maximum Gasteiger partial charge on any atom is 0.229 e. The van der Waals surface area contributed by atoms with Crippen LogP contribution in [0.2, 0.25) is 0 Å². The van der Waals surface area contributed by atoms with Crippen molar-refractivity contribution in [2.75, 3.05) is 17.2 Å². The molecule has 3 aromatic rings. The van der Waals surface area contributed by atoms with E-state index in [1.165, 1.54) is 12.1 Å². The molecule has 0 radical (unpaired) electrons. The van der Waals surface area contributed by atoms with Gasteiger partial charge in [0, 0.05) is 47.4 Å². The first kappa shape index (κ1) is 21.1. The number of halogens is 2. The van der Waals surface area contributed by atoms with E-state index >= 15 is 0 Å². The lowest BCUT2D eigenvalue weighted by molar-refractivity contribution is 0.269. The van der Waals surface area contributed by atoms with Crippen LogP contribution in [0.25, 0.3) is 11.1 Å². The van der Waals surface area contributed by atoms with E-state index in [1.54, 1.807) is 17.1 Å². The van der Waals surface area contributed by atoms with Crippen molar-refractivity contribution in [1.82, 2.24) is 19.7 Å². The molecule has 164 valence electrons. The van der Waals surface area contributed by atoms with Crippen LogP contribution in [-0.4, -0.2) is 43.5 Å².